The fourth-order valence-corrected chi connectivity index (χ4v) is 5.77. The molecule has 163 valence electrons. The van der Waals surface area contributed by atoms with Gasteiger partial charge in [-0.2, -0.15) is 0 Å². The third-order valence-electron chi connectivity index (χ3n) is 5.66. The van der Waals surface area contributed by atoms with Gasteiger partial charge in [0, 0.05) is 53.8 Å². The number of carbonyl (C=O) groups is 1. The van der Waals surface area contributed by atoms with Crippen LogP contribution in [0.2, 0.25) is 0 Å². The van der Waals surface area contributed by atoms with Crippen molar-refractivity contribution in [3.8, 4) is 0 Å². The predicted octanol–water partition coefficient (Wildman–Crippen LogP) is 3.45. The molecule has 3 N–H and O–H groups in total. The zero-order valence-corrected chi connectivity index (χ0v) is 29.5. The Hall–Kier alpha value is 0.159. The molecule has 3 aromatic rings. The van der Waals surface area contributed by atoms with Crippen molar-refractivity contribution in [3.05, 3.63) is 66.2 Å². The first-order chi connectivity index (χ1) is 14.5. The molecule has 1 aromatic heterocycles. The number of aryl methyl sites for hydroxylation is 1. The van der Waals surface area contributed by atoms with Gasteiger partial charge in [0.15, 0.2) is 0 Å². The number of fused-ring (bicyclic) bond motifs is 3. The molecule has 0 unspecified atom stereocenters. The molecule has 0 spiro atoms. The molecule has 4 nitrogen and oxygen atoms in total. The Balaban J connectivity index is 0.00000181. The van der Waals surface area contributed by atoms with Crippen molar-refractivity contribution >= 4 is 35.6 Å². The molecular formula is C24H24N3OW3Y-. The van der Waals surface area contributed by atoms with E-state index in [0.29, 0.717) is 9.94 Å². The largest absolute Gasteiger partial charge is 0 e. The number of hydrogen-bond acceptors (Lipinski definition) is 2. The van der Waals surface area contributed by atoms with Gasteiger partial charge in [0.25, 0.3) is 0 Å². The molecule has 0 atom stereocenters. The summed E-state index contributed by atoms with van der Waals surface area (Å²) in [6.07, 6.45) is 8.91. The SMILES string of the molecule is Cc1cccc2c1c1ccccc1n2[C](=[W])/C=C(/NC1CC[CH-]CC1)[C](=[W])C(N)=O.[W].[Y]. The maximum Gasteiger partial charge on any atom is 0 e. The number of rotatable bonds is 6. The van der Waals surface area contributed by atoms with Crippen LogP contribution in [0.1, 0.15) is 31.2 Å². The fourth-order valence-electron chi connectivity index (χ4n) is 4.22. The molecule has 0 bridgehead atoms. The van der Waals surface area contributed by atoms with E-state index < -0.39 is 0 Å². The van der Waals surface area contributed by atoms with Crippen molar-refractivity contribution in [3.63, 3.8) is 0 Å². The molecule has 1 amide bonds. The van der Waals surface area contributed by atoms with E-state index >= 15 is 0 Å². The van der Waals surface area contributed by atoms with Crippen molar-refractivity contribution in [2.24, 2.45) is 5.73 Å². The van der Waals surface area contributed by atoms with Crippen molar-refractivity contribution in [2.75, 3.05) is 0 Å². The van der Waals surface area contributed by atoms with Crippen LogP contribution in [-0.4, -0.2) is 24.4 Å². The molecule has 8 heteroatoms. The third kappa shape index (κ3) is 6.04. The Morgan fingerprint density at radius 2 is 1.78 bits per heavy atom. The summed E-state index contributed by atoms with van der Waals surface area (Å²) in [5.41, 5.74) is 10.2. The van der Waals surface area contributed by atoms with Crippen molar-refractivity contribution in [1.82, 2.24) is 9.88 Å². The molecular weight excluding hydrogens is 987 g/mol. The van der Waals surface area contributed by atoms with Gasteiger partial charge in [0.2, 0.25) is 0 Å². The van der Waals surface area contributed by atoms with Crippen LogP contribution in [0.3, 0.4) is 0 Å². The summed E-state index contributed by atoms with van der Waals surface area (Å²) < 4.78 is 4.14. The van der Waals surface area contributed by atoms with Crippen molar-refractivity contribution < 1.29 is 97.3 Å². The van der Waals surface area contributed by atoms with Gasteiger partial charge in [0.05, 0.1) is 0 Å². The normalized spacial score (nSPS) is 14.5. The quantitative estimate of drug-likeness (QED) is 0.373. The van der Waals surface area contributed by atoms with Crippen LogP contribution in [0.5, 0.6) is 0 Å². The minimum atomic E-state index is -0.341. The third-order valence-corrected chi connectivity index (χ3v) is 8.25. The van der Waals surface area contributed by atoms with Gasteiger partial charge in [-0.25, -0.2) is 0 Å². The van der Waals surface area contributed by atoms with Gasteiger partial charge < -0.3 is 0 Å². The maximum absolute atomic E-state index is 12.0. The Bertz CT molecular complexity index is 1200. The monoisotopic (exact) mass is 1010 g/mol. The van der Waals surface area contributed by atoms with Gasteiger partial charge >= 0.3 is 200 Å². The van der Waals surface area contributed by atoms with E-state index in [1.165, 1.54) is 46.7 Å². The van der Waals surface area contributed by atoms with Gasteiger partial charge in [-0.15, -0.1) is 0 Å². The van der Waals surface area contributed by atoms with Crippen molar-refractivity contribution in [2.45, 2.75) is 38.6 Å². The summed E-state index contributed by atoms with van der Waals surface area (Å²) in [4.78, 5) is 12.0. The van der Waals surface area contributed by atoms with Crippen LogP contribution in [0, 0.1) is 13.3 Å². The molecule has 1 radical (unpaired) electrons. The molecule has 32 heavy (non-hydrogen) atoms. The minimum absolute atomic E-state index is 0. The number of nitrogens with two attached hydrogens (primary N) is 1. The number of hydrogen-bond donors (Lipinski definition) is 2. The van der Waals surface area contributed by atoms with E-state index in [1.807, 2.05) is 0 Å². The Morgan fingerprint density at radius 3 is 2.47 bits per heavy atom. The minimum Gasteiger partial charge on any atom is 0 e. The first-order valence-electron chi connectivity index (χ1n) is 10.1. The van der Waals surface area contributed by atoms with Crippen molar-refractivity contribution in [1.29, 1.82) is 0 Å². The second kappa shape index (κ2) is 12.7. The van der Waals surface area contributed by atoms with E-state index in [4.69, 9.17) is 5.73 Å². The van der Waals surface area contributed by atoms with Crippen LogP contribution in [0.4, 0.5) is 0 Å². The van der Waals surface area contributed by atoms with E-state index in [2.05, 4.69) is 71.8 Å². The zero-order valence-electron chi connectivity index (χ0n) is 17.8. The molecule has 4 rings (SSSR count). The first-order valence-corrected chi connectivity index (χ1v) is 13.1. The number of para-hydroxylation sites is 1. The summed E-state index contributed by atoms with van der Waals surface area (Å²) in [7, 11) is 0. The van der Waals surface area contributed by atoms with Crippen LogP contribution in [-0.2, 0) is 97.3 Å². The molecule has 1 fully saturated rings. The van der Waals surface area contributed by atoms with Crippen LogP contribution in [0.15, 0.2) is 54.2 Å². The Morgan fingerprint density at radius 1 is 1.12 bits per heavy atom. The maximum atomic E-state index is 12.0. The average Bonchev–Trinajstić information content (AvgIpc) is 3.09. The van der Waals surface area contributed by atoms with Crippen LogP contribution >= 0.6 is 0 Å². The molecule has 1 aliphatic rings. The molecule has 1 saturated carbocycles. The summed E-state index contributed by atoms with van der Waals surface area (Å²) in [6, 6.07) is 15.4. The molecule has 1 heterocycles. The van der Waals surface area contributed by atoms with E-state index in [-0.39, 0.29) is 59.7 Å². The number of aromatic nitrogens is 1. The Labute approximate surface area is 250 Å². The first kappa shape index (κ1) is 28.4. The smallest absolute Gasteiger partial charge is 0 e. The summed E-state index contributed by atoms with van der Waals surface area (Å²) in [6.45, 7) is 2.17. The molecule has 0 aliphatic heterocycles. The second-order valence-corrected chi connectivity index (χ2v) is 10.7. The van der Waals surface area contributed by atoms with E-state index in [0.717, 1.165) is 54.8 Å². The standard InChI is InChI=1S/C24H24N3O.3W.Y/c1-17-8-7-13-22-24(17)20-11-5-6-12-21(20)27(22)15-14-19(16-23(25)28)26-18-9-3-2-4-10-18;;;;/h2,5-8,11-14,18,26H,3-4,9-10H2,1H3,(H2,25,28);;;;/q-1;;;;/b19-14+;;;;. The molecule has 0 saturated heterocycles. The number of carbonyl (C=O) groups excluding carboxylic acids is 1. The topological polar surface area (TPSA) is 60.1 Å². The summed E-state index contributed by atoms with van der Waals surface area (Å²) in [5, 5.41) is 6.19. The van der Waals surface area contributed by atoms with Crippen LogP contribution < -0.4 is 11.1 Å². The molecule has 2 aromatic carbocycles. The summed E-state index contributed by atoms with van der Waals surface area (Å²) in [5.74, 6) is -0.341. The van der Waals surface area contributed by atoms with Crippen LogP contribution in [0.25, 0.3) is 21.8 Å². The van der Waals surface area contributed by atoms with Gasteiger partial charge in [-0.1, -0.05) is 0 Å². The number of nitrogens with zero attached hydrogens (tertiary/aromatic N) is 1. The van der Waals surface area contributed by atoms with Gasteiger partial charge in [-0.05, 0) is 0 Å². The van der Waals surface area contributed by atoms with Gasteiger partial charge in [-0.3, -0.25) is 0 Å². The van der Waals surface area contributed by atoms with Gasteiger partial charge in [0.1, 0.15) is 0 Å². The zero-order chi connectivity index (χ0) is 21.3. The molecule has 1 aliphatic carbocycles. The fraction of sp³-hybridized carbons (Fsp3) is 0.250. The Kier molecular flexibility index (Phi) is 11.3. The van der Waals surface area contributed by atoms with E-state index in [1.54, 1.807) is 0 Å². The predicted molar refractivity (Wildman–Crippen MR) is 117 cm³/mol. The number of benzene rings is 2. The number of primary amides is 1. The number of amides is 1. The second-order valence-electron chi connectivity index (χ2n) is 7.70. The summed E-state index contributed by atoms with van der Waals surface area (Å²) >= 11 is 2.44. The number of nitrogens with one attached hydrogen (secondary N) is 1. The van der Waals surface area contributed by atoms with E-state index in [9.17, 15) is 4.79 Å². The average molecular weight is 1010 g/mol. The number of allylic oxidation sites excluding steroid dienone is 1.